The summed E-state index contributed by atoms with van der Waals surface area (Å²) in [5, 5.41) is 0. The van der Waals surface area contributed by atoms with Gasteiger partial charge in [-0.3, -0.25) is 6.08 Å². The van der Waals surface area contributed by atoms with Gasteiger partial charge in [-0.1, -0.05) is 33.1 Å². The van der Waals surface area contributed by atoms with Crippen LogP contribution in [0.3, 0.4) is 0 Å². The van der Waals surface area contributed by atoms with Crippen molar-refractivity contribution < 1.29 is 17.4 Å². The molecule has 0 unspecified atom stereocenters. The molecule has 0 atom stereocenters. The Morgan fingerprint density at radius 2 is 1.64 bits per heavy atom. The second kappa shape index (κ2) is 6.17. The Morgan fingerprint density at radius 1 is 1.29 bits per heavy atom. The van der Waals surface area contributed by atoms with E-state index >= 15 is 0 Å². The van der Waals surface area contributed by atoms with Gasteiger partial charge in [-0.25, -0.2) is 25.2 Å². The molecule has 0 aromatic heterocycles. The normalized spacial score (nSPS) is 17.6. The smallest absolute Gasteiger partial charge is 0.263 e. The van der Waals surface area contributed by atoms with Gasteiger partial charge in [0.25, 0.3) is 0 Å². The predicted octanol–water partition coefficient (Wildman–Crippen LogP) is 4.12. The van der Waals surface area contributed by atoms with Crippen LogP contribution in [-0.2, 0) is 17.4 Å². The molecular formula is C13H20Cr. The molecule has 0 aliphatic heterocycles. The molecule has 0 aromatic carbocycles. The molecule has 0 spiro atoms. The van der Waals surface area contributed by atoms with E-state index in [9.17, 15) is 0 Å². The summed E-state index contributed by atoms with van der Waals surface area (Å²) in [4.78, 5) is 0. The first-order chi connectivity index (χ1) is 5.86. The summed E-state index contributed by atoms with van der Waals surface area (Å²) in [7, 11) is 0. The quantitative estimate of drug-likeness (QED) is 0.547. The van der Waals surface area contributed by atoms with Crippen molar-refractivity contribution in [2.24, 2.45) is 5.41 Å². The zero-order valence-corrected chi connectivity index (χ0v) is 11.2. The van der Waals surface area contributed by atoms with Crippen LogP contribution in [-0.4, -0.2) is 0 Å². The molecule has 0 fully saturated rings. The van der Waals surface area contributed by atoms with Crippen LogP contribution in [0.25, 0.3) is 0 Å². The van der Waals surface area contributed by atoms with E-state index in [-0.39, 0.29) is 22.8 Å². The zero-order chi connectivity index (χ0) is 10.6. The fourth-order valence-corrected chi connectivity index (χ4v) is 1.41. The molecule has 1 aliphatic carbocycles. The van der Waals surface area contributed by atoms with E-state index in [1.165, 1.54) is 22.8 Å². The van der Waals surface area contributed by atoms with Crippen molar-refractivity contribution in [3.63, 3.8) is 0 Å². The molecule has 0 nitrogen and oxygen atoms in total. The van der Waals surface area contributed by atoms with Crippen LogP contribution in [0.1, 0.15) is 34.6 Å². The molecule has 0 amide bonds. The summed E-state index contributed by atoms with van der Waals surface area (Å²) < 4.78 is 0. The van der Waals surface area contributed by atoms with Gasteiger partial charge in [-0.05, 0) is 0 Å². The standard InChI is InChI=1S/C10H15.C3H5.Cr/c1-7-6-10(4,5)9(3)8(7)2;1-3-2;/h1-5H3;3H,1-2H2;/q2*-1;+2. The van der Waals surface area contributed by atoms with Crippen LogP contribution >= 0.6 is 0 Å². The molecule has 14 heavy (non-hydrogen) atoms. The maximum Gasteiger partial charge on any atom is 2.00 e. The fourth-order valence-electron chi connectivity index (χ4n) is 1.41. The molecular weight excluding hydrogens is 208 g/mol. The predicted molar refractivity (Wildman–Crippen MR) is 60.1 cm³/mol. The molecule has 1 heteroatoms. The van der Waals surface area contributed by atoms with Gasteiger partial charge in [0.1, 0.15) is 0 Å². The number of hydrogen-bond donors (Lipinski definition) is 0. The Hall–Kier alpha value is -0.378. The Kier molecular flexibility index (Phi) is 7.08. The van der Waals surface area contributed by atoms with Crippen molar-refractivity contribution in [3.8, 4) is 0 Å². The van der Waals surface area contributed by atoms with Crippen LogP contribution in [0.2, 0.25) is 0 Å². The average Bonchev–Trinajstić information content (AvgIpc) is 2.16. The largest absolute Gasteiger partial charge is 2.00 e. The zero-order valence-electron chi connectivity index (χ0n) is 9.90. The van der Waals surface area contributed by atoms with Crippen LogP contribution < -0.4 is 0 Å². The molecule has 0 saturated heterocycles. The Labute approximate surface area is 99.9 Å². The van der Waals surface area contributed by atoms with E-state index in [1.54, 1.807) is 0 Å². The van der Waals surface area contributed by atoms with Crippen molar-refractivity contribution in [2.45, 2.75) is 34.6 Å². The van der Waals surface area contributed by atoms with Crippen LogP contribution in [0.5, 0.6) is 0 Å². The third-order valence-corrected chi connectivity index (χ3v) is 2.56. The Morgan fingerprint density at radius 3 is 1.71 bits per heavy atom. The topological polar surface area (TPSA) is 0 Å². The summed E-state index contributed by atoms with van der Waals surface area (Å²) in [5.74, 6) is 0. The van der Waals surface area contributed by atoms with E-state index in [4.69, 9.17) is 0 Å². The summed E-state index contributed by atoms with van der Waals surface area (Å²) in [5.41, 5.74) is 4.39. The number of rotatable bonds is 0. The number of hydrogen-bond acceptors (Lipinski definition) is 0. The SMILES string of the molecule is C=C[CH2-].CC1=[C-]C(C)(C)C(C)=C1C.[Cr+2]. The van der Waals surface area contributed by atoms with Crippen LogP contribution in [0, 0.1) is 18.4 Å². The summed E-state index contributed by atoms with van der Waals surface area (Å²) in [6.45, 7) is 17.4. The molecule has 0 bridgehead atoms. The van der Waals surface area contributed by atoms with Crippen molar-refractivity contribution >= 4 is 0 Å². The summed E-state index contributed by atoms with van der Waals surface area (Å²) in [6.07, 6.45) is 4.94. The van der Waals surface area contributed by atoms with Gasteiger partial charge in [0.2, 0.25) is 0 Å². The maximum atomic E-state index is 3.44. The van der Waals surface area contributed by atoms with Crippen molar-refractivity contribution in [3.05, 3.63) is 42.4 Å². The van der Waals surface area contributed by atoms with Crippen molar-refractivity contribution in [1.82, 2.24) is 0 Å². The van der Waals surface area contributed by atoms with Crippen LogP contribution in [0.15, 0.2) is 29.4 Å². The van der Waals surface area contributed by atoms with Gasteiger partial charge >= 0.3 is 17.4 Å². The minimum Gasteiger partial charge on any atom is -0.263 e. The van der Waals surface area contributed by atoms with Crippen molar-refractivity contribution in [2.75, 3.05) is 0 Å². The van der Waals surface area contributed by atoms with E-state index in [0.717, 1.165) is 0 Å². The third-order valence-electron chi connectivity index (χ3n) is 2.56. The van der Waals surface area contributed by atoms with Gasteiger partial charge in [0, 0.05) is 0 Å². The van der Waals surface area contributed by atoms with Gasteiger partial charge in [-0.2, -0.15) is 11.1 Å². The van der Waals surface area contributed by atoms with E-state index < -0.39 is 0 Å². The molecule has 1 rings (SSSR count). The second-order valence-electron chi connectivity index (χ2n) is 3.91. The monoisotopic (exact) mass is 228 g/mol. The third kappa shape index (κ3) is 3.78. The summed E-state index contributed by atoms with van der Waals surface area (Å²) in [6, 6.07) is 0. The van der Waals surface area contributed by atoms with E-state index in [0.29, 0.717) is 0 Å². The van der Waals surface area contributed by atoms with E-state index in [1.807, 2.05) is 0 Å². The van der Waals surface area contributed by atoms with Gasteiger partial charge in [0.15, 0.2) is 0 Å². The minimum absolute atomic E-state index is 0. The van der Waals surface area contributed by atoms with Gasteiger partial charge in [-0.15, -0.1) is 6.92 Å². The van der Waals surface area contributed by atoms with Gasteiger partial charge in [0.05, 0.1) is 0 Å². The fraction of sp³-hybridized carbons (Fsp3) is 0.462. The first-order valence-corrected chi connectivity index (χ1v) is 4.57. The molecule has 0 aromatic rings. The van der Waals surface area contributed by atoms with Crippen molar-refractivity contribution in [1.29, 1.82) is 0 Å². The summed E-state index contributed by atoms with van der Waals surface area (Å²) >= 11 is 0. The van der Waals surface area contributed by atoms with E-state index in [2.05, 4.69) is 54.2 Å². The van der Waals surface area contributed by atoms with Gasteiger partial charge < -0.3 is 0 Å². The second-order valence-corrected chi connectivity index (χ2v) is 3.91. The minimum atomic E-state index is 0. The molecule has 1 aliphatic rings. The van der Waals surface area contributed by atoms with Crippen LogP contribution in [0.4, 0.5) is 0 Å². The molecule has 78 valence electrons. The number of allylic oxidation sites excluding steroid dienone is 5. The Bertz CT molecular complexity index is 254. The molecule has 0 heterocycles. The average molecular weight is 228 g/mol. The first-order valence-electron chi connectivity index (χ1n) is 4.57. The molecule has 0 radical (unpaired) electrons. The molecule has 0 saturated carbocycles. The Balaban J connectivity index is 0. The first kappa shape index (κ1) is 16.1. The maximum absolute atomic E-state index is 3.44. The molecule has 0 N–H and O–H groups in total.